The van der Waals surface area contributed by atoms with E-state index in [1.807, 2.05) is 0 Å². The van der Waals surface area contributed by atoms with Crippen LogP contribution < -0.4 is 0 Å². The molecule has 2 aliphatic heterocycles. The van der Waals surface area contributed by atoms with Crippen molar-refractivity contribution in [3.8, 4) is 0 Å². The van der Waals surface area contributed by atoms with E-state index in [1.165, 1.54) is 96.3 Å². The van der Waals surface area contributed by atoms with Gasteiger partial charge in [0.05, 0.1) is 26.4 Å². The fourth-order valence-corrected chi connectivity index (χ4v) is 7.81. The molecular formula is C49H90O14. The van der Waals surface area contributed by atoms with E-state index in [1.54, 1.807) is 0 Å². The van der Waals surface area contributed by atoms with Crippen LogP contribution >= 0.6 is 0 Å². The van der Waals surface area contributed by atoms with Gasteiger partial charge < -0.3 is 64.2 Å². The topological polar surface area (TPSA) is 214 Å². The molecule has 2 rings (SSSR count). The Morgan fingerprint density at radius 2 is 0.968 bits per heavy atom. The quantitative estimate of drug-likeness (QED) is 0.0191. The van der Waals surface area contributed by atoms with Gasteiger partial charge in [0.2, 0.25) is 0 Å². The number of carbonyl (C=O) groups excluding carboxylic acids is 1. The fraction of sp³-hybridized carbons (Fsp3) is 0.898. The van der Waals surface area contributed by atoms with E-state index in [9.17, 15) is 40.5 Å². The molecule has 0 aromatic carbocycles. The molecule has 2 heterocycles. The molecule has 11 atom stereocenters. The van der Waals surface area contributed by atoms with E-state index in [2.05, 4.69) is 38.2 Å². The first-order chi connectivity index (χ1) is 30.6. The summed E-state index contributed by atoms with van der Waals surface area (Å²) in [6, 6.07) is 0. The molecule has 370 valence electrons. The maximum Gasteiger partial charge on any atom is 0.306 e. The number of hydrogen-bond donors (Lipinski definition) is 7. The first kappa shape index (κ1) is 57.6. The summed E-state index contributed by atoms with van der Waals surface area (Å²) in [6.45, 7) is 3.61. The van der Waals surface area contributed by atoms with Gasteiger partial charge >= 0.3 is 5.97 Å². The normalized spacial score (nSPS) is 27.1. The molecule has 63 heavy (non-hydrogen) atoms. The number of aliphatic hydroxyl groups excluding tert-OH is 7. The fourth-order valence-electron chi connectivity index (χ4n) is 7.81. The molecule has 0 aromatic heterocycles. The summed E-state index contributed by atoms with van der Waals surface area (Å²) in [5.41, 5.74) is 0. The Labute approximate surface area is 379 Å². The zero-order chi connectivity index (χ0) is 45.9. The average Bonchev–Trinajstić information content (AvgIpc) is 3.28. The van der Waals surface area contributed by atoms with Crippen LogP contribution in [0, 0.1) is 0 Å². The molecule has 0 radical (unpaired) electrons. The molecule has 2 fully saturated rings. The highest BCUT2D eigenvalue weighted by Gasteiger charge is 2.47. The zero-order valence-corrected chi connectivity index (χ0v) is 39.1. The van der Waals surface area contributed by atoms with Gasteiger partial charge in [-0.05, 0) is 57.8 Å². The number of esters is 1. The Bertz CT molecular complexity index is 1140. The van der Waals surface area contributed by atoms with Crippen LogP contribution in [0.4, 0.5) is 0 Å². The Morgan fingerprint density at radius 3 is 1.51 bits per heavy atom. The van der Waals surface area contributed by atoms with Gasteiger partial charge in [0, 0.05) is 13.0 Å². The highest BCUT2D eigenvalue weighted by Crippen LogP contribution is 2.26. The van der Waals surface area contributed by atoms with Crippen LogP contribution in [0.15, 0.2) is 24.3 Å². The number of carbonyl (C=O) groups is 1. The number of allylic oxidation sites excluding steroid dienone is 4. The monoisotopic (exact) mass is 903 g/mol. The molecule has 0 amide bonds. The molecule has 0 saturated carbocycles. The van der Waals surface area contributed by atoms with Crippen molar-refractivity contribution in [3.05, 3.63) is 24.3 Å². The van der Waals surface area contributed by atoms with Crippen LogP contribution in [-0.4, -0.2) is 142 Å². The summed E-state index contributed by atoms with van der Waals surface area (Å²) in [4.78, 5) is 13.0. The summed E-state index contributed by atoms with van der Waals surface area (Å²) in [6.07, 6.45) is 22.4. The van der Waals surface area contributed by atoms with E-state index in [4.69, 9.17) is 28.4 Å². The summed E-state index contributed by atoms with van der Waals surface area (Å²) >= 11 is 0. The lowest BCUT2D eigenvalue weighted by Crippen LogP contribution is -2.61. The standard InChI is InChI=1S/C49H90O14/c1-3-5-7-9-11-13-15-16-17-18-19-20-21-22-24-26-28-30-32-41(51)61-38(35-58-33-31-29-27-25-23-14-12-10-8-6-4-2)36-59-48-47(57)45(55)43(53)40(63-48)37-60-49-46(56)44(54)42(52)39(34-50)62-49/h8,10,17-18,38-40,42-50,52-57H,3-7,9,11-16,19-37H2,1-2H3/b10-8-,18-17-. The van der Waals surface area contributed by atoms with Crippen molar-refractivity contribution >= 4 is 5.97 Å². The smallest absolute Gasteiger partial charge is 0.306 e. The zero-order valence-electron chi connectivity index (χ0n) is 39.1. The second-order valence-electron chi connectivity index (χ2n) is 17.6. The van der Waals surface area contributed by atoms with E-state index in [0.717, 1.165) is 57.8 Å². The molecule has 14 nitrogen and oxygen atoms in total. The predicted molar refractivity (Wildman–Crippen MR) is 243 cm³/mol. The lowest BCUT2D eigenvalue weighted by molar-refractivity contribution is -0.332. The Morgan fingerprint density at radius 1 is 0.508 bits per heavy atom. The highest BCUT2D eigenvalue weighted by molar-refractivity contribution is 5.69. The van der Waals surface area contributed by atoms with Gasteiger partial charge in [-0.25, -0.2) is 0 Å². The van der Waals surface area contributed by atoms with Crippen molar-refractivity contribution in [1.29, 1.82) is 0 Å². The second-order valence-corrected chi connectivity index (χ2v) is 17.6. The van der Waals surface area contributed by atoms with Gasteiger partial charge in [-0.2, -0.15) is 0 Å². The molecule has 2 aliphatic rings. The summed E-state index contributed by atoms with van der Waals surface area (Å²) < 4.78 is 34.2. The summed E-state index contributed by atoms with van der Waals surface area (Å²) in [7, 11) is 0. The van der Waals surface area contributed by atoms with Crippen molar-refractivity contribution in [3.63, 3.8) is 0 Å². The molecular weight excluding hydrogens is 813 g/mol. The lowest BCUT2D eigenvalue weighted by atomic mass is 9.98. The van der Waals surface area contributed by atoms with E-state index >= 15 is 0 Å². The van der Waals surface area contributed by atoms with Crippen LogP contribution in [0.5, 0.6) is 0 Å². The van der Waals surface area contributed by atoms with Crippen LogP contribution in [-0.2, 0) is 33.2 Å². The predicted octanol–water partition coefficient (Wildman–Crippen LogP) is 6.85. The van der Waals surface area contributed by atoms with Crippen molar-refractivity contribution in [2.75, 3.05) is 33.0 Å². The molecule has 14 heteroatoms. The maximum atomic E-state index is 13.0. The number of hydrogen-bond acceptors (Lipinski definition) is 14. The number of aliphatic hydroxyl groups is 7. The third-order valence-electron chi connectivity index (χ3n) is 11.9. The van der Waals surface area contributed by atoms with Gasteiger partial charge in [0.1, 0.15) is 54.9 Å². The first-order valence-corrected chi connectivity index (χ1v) is 24.9. The van der Waals surface area contributed by atoms with Gasteiger partial charge in [-0.1, -0.05) is 141 Å². The minimum Gasteiger partial charge on any atom is -0.457 e. The van der Waals surface area contributed by atoms with Gasteiger partial charge in [0.25, 0.3) is 0 Å². The lowest BCUT2D eigenvalue weighted by Gasteiger charge is -2.42. The Hall–Kier alpha value is -1.53. The van der Waals surface area contributed by atoms with Gasteiger partial charge in [-0.3, -0.25) is 4.79 Å². The number of rotatable bonds is 39. The van der Waals surface area contributed by atoms with E-state index in [-0.39, 0.29) is 25.6 Å². The van der Waals surface area contributed by atoms with Gasteiger partial charge in [-0.15, -0.1) is 0 Å². The van der Waals surface area contributed by atoms with Crippen LogP contribution in [0.2, 0.25) is 0 Å². The van der Waals surface area contributed by atoms with Crippen LogP contribution in [0.1, 0.15) is 181 Å². The Kier molecular flexibility index (Phi) is 34.3. The molecule has 0 aliphatic carbocycles. The average molecular weight is 903 g/mol. The van der Waals surface area contributed by atoms with E-state index < -0.39 is 80.7 Å². The van der Waals surface area contributed by atoms with Crippen molar-refractivity contribution < 1.29 is 69.0 Å². The first-order valence-electron chi connectivity index (χ1n) is 24.9. The van der Waals surface area contributed by atoms with Crippen LogP contribution in [0.25, 0.3) is 0 Å². The van der Waals surface area contributed by atoms with Crippen molar-refractivity contribution in [2.45, 2.75) is 248 Å². The van der Waals surface area contributed by atoms with Crippen molar-refractivity contribution in [1.82, 2.24) is 0 Å². The number of ether oxygens (including phenoxy) is 6. The molecule has 7 N–H and O–H groups in total. The number of unbranched alkanes of at least 4 members (excludes halogenated alkanes) is 21. The minimum atomic E-state index is -1.71. The molecule has 0 aromatic rings. The summed E-state index contributed by atoms with van der Waals surface area (Å²) in [5.74, 6) is -0.383. The summed E-state index contributed by atoms with van der Waals surface area (Å²) in [5, 5.41) is 72.0. The molecule has 0 spiro atoms. The molecule has 2 saturated heterocycles. The Balaban J connectivity index is 1.77. The second kappa shape index (κ2) is 37.5. The van der Waals surface area contributed by atoms with Crippen molar-refractivity contribution in [2.24, 2.45) is 0 Å². The third kappa shape index (κ3) is 25.8. The highest BCUT2D eigenvalue weighted by atomic mass is 16.7. The maximum absolute atomic E-state index is 13.0. The molecule has 11 unspecified atom stereocenters. The minimum absolute atomic E-state index is 0.0573. The van der Waals surface area contributed by atoms with Gasteiger partial charge in [0.15, 0.2) is 12.6 Å². The van der Waals surface area contributed by atoms with E-state index in [0.29, 0.717) is 13.0 Å². The van der Waals surface area contributed by atoms with Crippen LogP contribution in [0.3, 0.4) is 0 Å². The molecule has 0 bridgehead atoms. The largest absolute Gasteiger partial charge is 0.457 e. The SMILES string of the molecule is CCC/C=C\CCCCCCCCOCC(COC1OC(COC2OC(CO)C(O)C(O)C2O)C(O)C(O)C1O)OC(=O)CCCCCCCCC/C=C\CCCCCCCCC. The third-order valence-corrected chi connectivity index (χ3v) is 11.9.